The molecular formula is C14H13N3O2. The lowest BCUT2D eigenvalue weighted by Crippen LogP contribution is -2.27. The summed E-state index contributed by atoms with van der Waals surface area (Å²) in [6, 6.07) is 5.82. The number of oxazole rings is 1. The summed E-state index contributed by atoms with van der Waals surface area (Å²) in [4.78, 5) is 8.28. The maximum absolute atomic E-state index is 5.59. The number of aromatic nitrogens is 2. The molecule has 0 aliphatic carbocycles. The maximum Gasteiger partial charge on any atom is 0.220 e. The van der Waals surface area contributed by atoms with E-state index in [1.807, 2.05) is 36.6 Å². The van der Waals surface area contributed by atoms with Gasteiger partial charge in [-0.2, -0.15) is 0 Å². The number of ether oxygens (including phenoxy) is 1. The summed E-state index contributed by atoms with van der Waals surface area (Å²) in [5.74, 6) is 0.565. The molecule has 5 nitrogen and oxygen atoms in total. The highest BCUT2D eigenvalue weighted by atomic mass is 16.5. The molecular weight excluding hydrogens is 242 g/mol. The van der Waals surface area contributed by atoms with Crippen LogP contribution in [0.5, 0.6) is 0 Å². The molecule has 0 fully saturated rings. The van der Waals surface area contributed by atoms with Crippen molar-refractivity contribution in [3.8, 4) is 0 Å². The lowest BCUT2D eigenvalue weighted by molar-refractivity contribution is 0.0451. The Morgan fingerprint density at radius 1 is 1.26 bits per heavy atom. The third kappa shape index (κ3) is 2.89. The van der Waals surface area contributed by atoms with Gasteiger partial charge < -0.3 is 14.5 Å². The molecule has 1 aliphatic heterocycles. The molecule has 0 radical (unpaired) electrons. The molecule has 19 heavy (non-hydrogen) atoms. The van der Waals surface area contributed by atoms with E-state index in [2.05, 4.69) is 15.3 Å². The molecule has 3 heterocycles. The minimum Gasteiger partial charge on any atom is -0.446 e. The first kappa shape index (κ1) is 11.7. The Balaban J connectivity index is 1.57. The summed E-state index contributed by atoms with van der Waals surface area (Å²) < 4.78 is 10.7. The number of hydrogen-bond donors (Lipinski definition) is 1. The molecule has 2 aromatic rings. The van der Waals surface area contributed by atoms with E-state index in [0.29, 0.717) is 12.5 Å². The van der Waals surface area contributed by atoms with Crippen LogP contribution in [0.4, 0.5) is 0 Å². The van der Waals surface area contributed by atoms with Gasteiger partial charge in [0.25, 0.3) is 0 Å². The molecule has 0 spiro atoms. The van der Waals surface area contributed by atoms with Crippen molar-refractivity contribution in [1.29, 1.82) is 0 Å². The lowest BCUT2D eigenvalue weighted by atomic mass is 10.1. The average molecular weight is 255 g/mol. The van der Waals surface area contributed by atoms with Gasteiger partial charge in [-0.15, -0.1) is 0 Å². The third-order valence-electron chi connectivity index (χ3n) is 2.68. The minimum atomic E-state index is -0.181. The average Bonchev–Trinajstić information content (AvgIpc) is 3.00. The number of nitrogens with zero attached hydrogens (tertiary/aromatic N) is 2. The fourth-order valence-electron chi connectivity index (χ4n) is 1.75. The summed E-state index contributed by atoms with van der Waals surface area (Å²) >= 11 is 0. The Bertz CT molecular complexity index is 576. The second kappa shape index (κ2) is 5.49. The van der Waals surface area contributed by atoms with Crippen LogP contribution in [0.2, 0.25) is 0 Å². The van der Waals surface area contributed by atoms with Crippen LogP contribution in [-0.2, 0) is 11.3 Å². The van der Waals surface area contributed by atoms with Gasteiger partial charge in [0.2, 0.25) is 5.89 Å². The Morgan fingerprint density at radius 3 is 2.95 bits per heavy atom. The van der Waals surface area contributed by atoms with Crippen molar-refractivity contribution in [1.82, 2.24) is 15.3 Å². The highest BCUT2D eigenvalue weighted by Crippen LogP contribution is 2.16. The van der Waals surface area contributed by atoms with E-state index in [0.717, 1.165) is 11.3 Å². The van der Waals surface area contributed by atoms with E-state index in [1.165, 1.54) is 6.26 Å². The zero-order valence-electron chi connectivity index (χ0n) is 10.2. The van der Waals surface area contributed by atoms with E-state index >= 15 is 0 Å². The number of allylic oxidation sites excluding steroid dienone is 2. The van der Waals surface area contributed by atoms with Gasteiger partial charge >= 0.3 is 0 Å². The highest BCUT2D eigenvalue weighted by Gasteiger charge is 2.10. The van der Waals surface area contributed by atoms with Crippen LogP contribution in [0.1, 0.15) is 11.6 Å². The van der Waals surface area contributed by atoms with E-state index in [1.54, 1.807) is 12.4 Å². The van der Waals surface area contributed by atoms with Crippen molar-refractivity contribution in [2.75, 3.05) is 0 Å². The van der Waals surface area contributed by atoms with Gasteiger partial charge in [-0.1, -0.05) is 12.1 Å². The zero-order valence-corrected chi connectivity index (χ0v) is 10.2. The van der Waals surface area contributed by atoms with Crippen LogP contribution >= 0.6 is 0 Å². The van der Waals surface area contributed by atoms with Crippen molar-refractivity contribution in [2.24, 2.45) is 0 Å². The van der Waals surface area contributed by atoms with Crippen LogP contribution in [0.15, 0.2) is 59.6 Å². The largest absolute Gasteiger partial charge is 0.446 e. The first-order valence-corrected chi connectivity index (χ1v) is 5.97. The molecule has 0 aromatic carbocycles. The SMILES string of the molecule is C1=CC(OCc2ncco2)NC=C1c1ccccn1. The summed E-state index contributed by atoms with van der Waals surface area (Å²) in [6.07, 6.45) is 10.5. The number of dihydropyridines is 1. The normalized spacial score (nSPS) is 17.9. The number of hydrogen-bond acceptors (Lipinski definition) is 5. The third-order valence-corrected chi connectivity index (χ3v) is 2.68. The van der Waals surface area contributed by atoms with Crippen molar-refractivity contribution in [3.05, 3.63) is 66.8 Å². The Kier molecular flexibility index (Phi) is 3.38. The molecule has 0 amide bonds. The van der Waals surface area contributed by atoms with Crippen LogP contribution in [0, 0.1) is 0 Å². The molecule has 0 saturated carbocycles. The van der Waals surface area contributed by atoms with Crippen LogP contribution in [-0.4, -0.2) is 16.2 Å². The van der Waals surface area contributed by atoms with E-state index in [-0.39, 0.29) is 6.23 Å². The molecule has 3 rings (SSSR count). The molecule has 0 bridgehead atoms. The quantitative estimate of drug-likeness (QED) is 0.906. The maximum atomic E-state index is 5.59. The summed E-state index contributed by atoms with van der Waals surface area (Å²) in [5, 5.41) is 3.15. The summed E-state index contributed by atoms with van der Waals surface area (Å²) in [6.45, 7) is 0.335. The topological polar surface area (TPSA) is 60.2 Å². The smallest absolute Gasteiger partial charge is 0.220 e. The number of rotatable bonds is 4. The summed E-state index contributed by atoms with van der Waals surface area (Å²) in [5.41, 5.74) is 1.95. The number of pyridine rings is 1. The van der Waals surface area contributed by atoms with Gasteiger partial charge in [0.1, 0.15) is 19.1 Å². The van der Waals surface area contributed by atoms with Gasteiger partial charge in [-0.3, -0.25) is 4.98 Å². The highest BCUT2D eigenvalue weighted by molar-refractivity contribution is 5.72. The molecule has 5 heteroatoms. The van der Waals surface area contributed by atoms with Gasteiger partial charge in [0.15, 0.2) is 0 Å². The molecule has 96 valence electrons. The van der Waals surface area contributed by atoms with Crippen molar-refractivity contribution in [2.45, 2.75) is 12.8 Å². The van der Waals surface area contributed by atoms with E-state index in [4.69, 9.17) is 9.15 Å². The Morgan fingerprint density at radius 2 is 2.26 bits per heavy atom. The van der Waals surface area contributed by atoms with Gasteiger partial charge in [0, 0.05) is 18.0 Å². The second-order valence-corrected chi connectivity index (χ2v) is 4.00. The monoisotopic (exact) mass is 255 g/mol. The molecule has 1 N–H and O–H groups in total. The van der Waals surface area contributed by atoms with Crippen molar-refractivity contribution < 1.29 is 9.15 Å². The summed E-state index contributed by atoms with van der Waals surface area (Å²) in [7, 11) is 0. The predicted molar refractivity (Wildman–Crippen MR) is 69.6 cm³/mol. The van der Waals surface area contributed by atoms with Crippen LogP contribution in [0.25, 0.3) is 5.57 Å². The van der Waals surface area contributed by atoms with Crippen LogP contribution < -0.4 is 5.32 Å². The first-order chi connectivity index (χ1) is 9.42. The van der Waals surface area contributed by atoms with Gasteiger partial charge in [-0.25, -0.2) is 4.98 Å². The first-order valence-electron chi connectivity index (χ1n) is 5.97. The Labute approximate surface area is 110 Å². The predicted octanol–water partition coefficient (Wildman–Crippen LogP) is 2.11. The Hall–Kier alpha value is -2.40. The van der Waals surface area contributed by atoms with Gasteiger partial charge in [0.05, 0.1) is 11.9 Å². The molecule has 0 saturated heterocycles. The van der Waals surface area contributed by atoms with Crippen molar-refractivity contribution >= 4 is 5.57 Å². The van der Waals surface area contributed by atoms with Gasteiger partial charge in [-0.05, 0) is 18.2 Å². The van der Waals surface area contributed by atoms with Crippen LogP contribution in [0.3, 0.4) is 0 Å². The zero-order chi connectivity index (χ0) is 12.9. The van der Waals surface area contributed by atoms with E-state index < -0.39 is 0 Å². The minimum absolute atomic E-state index is 0.181. The van der Waals surface area contributed by atoms with E-state index in [9.17, 15) is 0 Å². The molecule has 1 aliphatic rings. The van der Waals surface area contributed by atoms with Crippen molar-refractivity contribution in [3.63, 3.8) is 0 Å². The molecule has 1 unspecified atom stereocenters. The molecule has 2 aromatic heterocycles. The lowest BCUT2D eigenvalue weighted by Gasteiger charge is -2.18. The fourth-order valence-corrected chi connectivity index (χ4v) is 1.75. The fraction of sp³-hybridized carbons (Fsp3) is 0.143. The second-order valence-electron chi connectivity index (χ2n) is 4.00. The number of nitrogens with one attached hydrogen (secondary N) is 1. The molecule has 1 atom stereocenters. The standard InChI is InChI=1S/C14H13N3O2/c1-2-6-15-12(3-1)11-4-5-13(17-9-11)19-10-14-16-7-8-18-14/h1-9,13,17H,10H2.